The topological polar surface area (TPSA) is 100 Å². The fourth-order valence-corrected chi connectivity index (χ4v) is 2.23. The molecule has 2 heterocycles. The van der Waals surface area contributed by atoms with Gasteiger partial charge in [-0.1, -0.05) is 16.8 Å². The van der Waals surface area contributed by atoms with Gasteiger partial charge in [-0.05, 0) is 19.1 Å². The minimum absolute atomic E-state index is 0.00425. The number of carbonyl (C=O) groups is 1. The Kier molecular flexibility index (Phi) is 4.16. The predicted molar refractivity (Wildman–Crippen MR) is 78.9 cm³/mol. The first-order valence-corrected chi connectivity index (χ1v) is 7.14. The summed E-state index contributed by atoms with van der Waals surface area (Å²) in [5.41, 5.74) is 0.942. The highest BCUT2D eigenvalue weighted by molar-refractivity contribution is 6.31. The zero-order valence-electron chi connectivity index (χ0n) is 12.1. The summed E-state index contributed by atoms with van der Waals surface area (Å²) in [7, 11) is 0. The molecule has 9 heteroatoms. The third kappa shape index (κ3) is 3.42. The smallest absolute Gasteiger partial charge is 0.419 e. The van der Waals surface area contributed by atoms with E-state index in [0.29, 0.717) is 21.9 Å². The molecule has 0 atom stereocenters. The van der Waals surface area contributed by atoms with Crippen molar-refractivity contribution in [3.63, 3.8) is 0 Å². The van der Waals surface area contributed by atoms with Crippen LogP contribution in [0.3, 0.4) is 0 Å². The molecule has 1 aromatic carbocycles. The molecule has 2 aromatic heterocycles. The molecule has 0 aliphatic carbocycles. The molecular weight excluding hydrogens is 326 g/mol. The molecule has 0 fully saturated rings. The maximum atomic E-state index is 11.8. The van der Waals surface area contributed by atoms with Crippen LogP contribution in [0.2, 0.25) is 5.02 Å². The van der Waals surface area contributed by atoms with Gasteiger partial charge in [0.05, 0.1) is 11.9 Å². The Morgan fingerprint density at radius 2 is 2.26 bits per heavy atom. The molecule has 0 saturated heterocycles. The van der Waals surface area contributed by atoms with Crippen LogP contribution in [0, 0.1) is 6.92 Å². The molecule has 0 amide bonds. The lowest BCUT2D eigenvalue weighted by molar-refractivity contribution is -0.146. The first kappa shape index (κ1) is 15.3. The number of hydrogen-bond acceptors (Lipinski definition) is 7. The number of rotatable bonds is 5. The first-order chi connectivity index (χ1) is 11.0. The average Bonchev–Trinajstić information content (AvgIpc) is 3.05. The minimum atomic E-state index is -0.553. The van der Waals surface area contributed by atoms with Crippen LogP contribution in [0.25, 0.3) is 11.1 Å². The van der Waals surface area contributed by atoms with E-state index < -0.39 is 11.7 Å². The molecule has 0 aliphatic rings. The Bertz CT molecular complexity index is 911. The largest absolute Gasteiger partial charge is 0.456 e. The van der Waals surface area contributed by atoms with Crippen LogP contribution >= 0.6 is 11.6 Å². The third-order valence-electron chi connectivity index (χ3n) is 3.10. The minimum Gasteiger partial charge on any atom is -0.456 e. The van der Waals surface area contributed by atoms with E-state index in [9.17, 15) is 9.59 Å². The summed E-state index contributed by atoms with van der Waals surface area (Å²) in [6, 6.07) is 4.85. The number of oxazole rings is 1. The maximum Gasteiger partial charge on any atom is 0.419 e. The Labute approximate surface area is 134 Å². The van der Waals surface area contributed by atoms with Gasteiger partial charge in [0.25, 0.3) is 5.89 Å². The summed E-state index contributed by atoms with van der Waals surface area (Å²) in [5.74, 6) is -0.360. The van der Waals surface area contributed by atoms with E-state index in [1.165, 1.54) is 4.57 Å². The standard InChI is InChI=1S/C14H12ClN3O5/c1-8-16-12(23-17-8)7-21-13(19)4-5-18-10-3-2-9(15)6-11(10)22-14(18)20/h2-3,6H,4-5,7H2,1H3. The van der Waals surface area contributed by atoms with Crippen LogP contribution in [0.1, 0.15) is 18.1 Å². The number of halogens is 1. The second-order valence-corrected chi connectivity index (χ2v) is 5.21. The highest BCUT2D eigenvalue weighted by Gasteiger charge is 2.13. The van der Waals surface area contributed by atoms with Gasteiger partial charge < -0.3 is 13.7 Å². The van der Waals surface area contributed by atoms with Crippen LogP contribution in [0.4, 0.5) is 0 Å². The van der Waals surface area contributed by atoms with Crippen LogP contribution in [0.5, 0.6) is 0 Å². The van der Waals surface area contributed by atoms with Crippen molar-refractivity contribution >= 4 is 28.7 Å². The fourth-order valence-electron chi connectivity index (χ4n) is 2.07. The SMILES string of the molecule is Cc1noc(COC(=O)CCn2c(=O)oc3cc(Cl)ccc32)n1. The molecule has 0 radical (unpaired) electrons. The summed E-state index contributed by atoms with van der Waals surface area (Å²) in [6.45, 7) is 1.70. The van der Waals surface area contributed by atoms with Crippen molar-refractivity contribution in [2.24, 2.45) is 0 Å². The Morgan fingerprint density at radius 1 is 1.43 bits per heavy atom. The molecule has 0 unspecified atom stereocenters. The number of nitrogens with zero attached hydrogens (tertiary/aromatic N) is 3. The molecule has 120 valence electrons. The zero-order chi connectivity index (χ0) is 16.4. The first-order valence-electron chi connectivity index (χ1n) is 6.76. The molecule has 0 spiro atoms. The molecule has 0 N–H and O–H groups in total. The number of fused-ring (bicyclic) bond motifs is 1. The summed E-state index contributed by atoms with van der Waals surface area (Å²) in [6.07, 6.45) is 0.00425. The van der Waals surface area contributed by atoms with Crippen LogP contribution in [0.15, 0.2) is 31.9 Å². The summed E-state index contributed by atoms with van der Waals surface area (Å²) in [5, 5.41) is 4.05. The lowest BCUT2D eigenvalue weighted by Gasteiger charge is -2.03. The monoisotopic (exact) mass is 337 g/mol. The van der Waals surface area contributed by atoms with Gasteiger partial charge in [-0.2, -0.15) is 4.98 Å². The Hall–Kier alpha value is -2.61. The molecule has 0 saturated carbocycles. The molecule has 0 aliphatic heterocycles. The van der Waals surface area contributed by atoms with Crippen molar-refractivity contribution in [2.75, 3.05) is 0 Å². The van der Waals surface area contributed by atoms with E-state index in [2.05, 4.69) is 10.1 Å². The van der Waals surface area contributed by atoms with Gasteiger partial charge in [-0.25, -0.2) is 4.79 Å². The molecule has 0 bridgehead atoms. The van der Waals surface area contributed by atoms with E-state index >= 15 is 0 Å². The van der Waals surface area contributed by atoms with Gasteiger partial charge in [0.15, 0.2) is 18.0 Å². The number of aryl methyl sites for hydroxylation is 2. The number of aromatic nitrogens is 3. The van der Waals surface area contributed by atoms with Crippen molar-refractivity contribution in [2.45, 2.75) is 26.5 Å². The molecular formula is C14H12ClN3O5. The highest BCUT2D eigenvalue weighted by Crippen LogP contribution is 2.18. The van der Waals surface area contributed by atoms with Crippen molar-refractivity contribution in [3.8, 4) is 0 Å². The fraction of sp³-hybridized carbons (Fsp3) is 0.286. The second-order valence-electron chi connectivity index (χ2n) is 4.78. The lowest BCUT2D eigenvalue weighted by atomic mass is 10.3. The normalized spacial score (nSPS) is 11.0. The number of esters is 1. The van der Waals surface area contributed by atoms with Crippen molar-refractivity contribution in [1.82, 2.24) is 14.7 Å². The van der Waals surface area contributed by atoms with E-state index in [1.807, 2.05) is 0 Å². The van der Waals surface area contributed by atoms with Gasteiger partial charge >= 0.3 is 11.7 Å². The average molecular weight is 338 g/mol. The summed E-state index contributed by atoms with van der Waals surface area (Å²) < 4.78 is 16.3. The number of ether oxygens (including phenoxy) is 1. The second kappa shape index (κ2) is 6.25. The Balaban J connectivity index is 1.63. The van der Waals surface area contributed by atoms with E-state index in [-0.39, 0.29) is 25.5 Å². The predicted octanol–water partition coefficient (Wildman–Crippen LogP) is 2.07. The van der Waals surface area contributed by atoms with Crippen molar-refractivity contribution in [1.29, 1.82) is 0 Å². The van der Waals surface area contributed by atoms with Gasteiger partial charge in [-0.15, -0.1) is 0 Å². The molecule has 23 heavy (non-hydrogen) atoms. The highest BCUT2D eigenvalue weighted by atomic mass is 35.5. The van der Waals surface area contributed by atoms with E-state index in [0.717, 1.165) is 0 Å². The van der Waals surface area contributed by atoms with Crippen LogP contribution < -0.4 is 5.76 Å². The van der Waals surface area contributed by atoms with Gasteiger partial charge in [0.1, 0.15) is 0 Å². The molecule has 3 aromatic rings. The third-order valence-corrected chi connectivity index (χ3v) is 3.33. The number of benzene rings is 1. The van der Waals surface area contributed by atoms with Gasteiger partial charge in [-0.3, -0.25) is 9.36 Å². The van der Waals surface area contributed by atoms with Gasteiger partial charge in [0, 0.05) is 17.6 Å². The van der Waals surface area contributed by atoms with E-state index in [1.54, 1.807) is 25.1 Å². The van der Waals surface area contributed by atoms with Crippen molar-refractivity contribution < 1.29 is 18.5 Å². The molecule has 3 rings (SSSR count). The van der Waals surface area contributed by atoms with Crippen LogP contribution in [-0.4, -0.2) is 20.7 Å². The quantitative estimate of drug-likeness (QED) is 0.657. The maximum absolute atomic E-state index is 11.8. The van der Waals surface area contributed by atoms with Crippen LogP contribution in [-0.2, 0) is 22.7 Å². The number of carbonyl (C=O) groups excluding carboxylic acids is 1. The molecule has 8 nitrogen and oxygen atoms in total. The summed E-state index contributed by atoms with van der Waals surface area (Å²) in [4.78, 5) is 27.5. The zero-order valence-corrected chi connectivity index (χ0v) is 12.9. The lowest BCUT2D eigenvalue weighted by Crippen LogP contribution is -2.17. The summed E-state index contributed by atoms with van der Waals surface area (Å²) >= 11 is 5.84. The van der Waals surface area contributed by atoms with Crippen molar-refractivity contribution in [3.05, 3.63) is 45.5 Å². The Morgan fingerprint density at radius 3 is 3.00 bits per heavy atom. The van der Waals surface area contributed by atoms with E-state index in [4.69, 9.17) is 25.3 Å². The van der Waals surface area contributed by atoms with Gasteiger partial charge in [0.2, 0.25) is 0 Å². The number of hydrogen-bond donors (Lipinski definition) is 0.